The van der Waals surface area contributed by atoms with Crippen molar-refractivity contribution in [2.45, 2.75) is 12.5 Å². The molecule has 0 aromatic heterocycles. The first-order valence-electron chi connectivity index (χ1n) is 4.90. The Morgan fingerprint density at radius 2 is 2.24 bits per heavy atom. The Bertz CT molecular complexity index is 536. The molecule has 0 aliphatic carbocycles. The van der Waals surface area contributed by atoms with E-state index < -0.39 is 17.8 Å². The Morgan fingerprint density at radius 1 is 1.47 bits per heavy atom. The van der Waals surface area contributed by atoms with Crippen molar-refractivity contribution in [2.24, 2.45) is 0 Å². The summed E-state index contributed by atoms with van der Waals surface area (Å²) in [5.41, 5.74) is 0.431. The molecule has 0 radical (unpaired) electrons. The van der Waals surface area contributed by atoms with Gasteiger partial charge in [0.05, 0.1) is 17.7 Å². The molecular weight excluding hydrogens is 225 g/mol. The third-order valence-corrected chi connectivity index (χ3v) is 2.40. The molecule has 0 spiro atoms. The summed E-state index contributed by atoms with van der Waals surface area (Å²) < 4.78 is 12.9. The van der Waals surface area contributed by atoms with Crippen LogP contribution in [0.5, 0.6) is 0 Å². The van der Waals surface area contributed by atoms with Gasteiger partial charge in [-0.2, -0.15) is 5.26 Å². The van der Waals surface area contributed by atoms with E-state index in [-0.39, 0.29) is 17.9 Å². The smallest absolute Gasteiger partial charge is 0.249 e. The number of halogens is 1. The summed E-state index contributed by atoms with van der Waals surface area (Å²) >= 11 is 0. The number of hydrogen-bond acceptors (Lipinski definition) is 4. The number of carbonyl (C=O) groups excluding carboxylic acids is 2. The predicted octanol–water partition coefficient (Wildman–Crippen LogP) is 0.524. The molecule has 1 atom stereocenters. The van der Waals surface area contributed by atoms with E-state index in [0.717, 1.165) is 6.07 Å². The Kier molecular flexibility index (Phi) is 2.75. The van der Waals surface area contributed by atoms with Crippen molar-refractivity contribution < 1.29 is 14.0 Å². The zero-order valence-corrected chi connectivity index (χ0v) is 8.66. The lowest BCUT2D eigenvalue weighted by atomic mass is 10.1. The van der Waals surface area contributed by atoms with Crippen LogP contribution in [0, 0.1) is 17.1 Å². The number of nitrogens with one attached hydrogen (secondary N) is 2. The van der Waals surface area contributed by atoms with E-state index in [9.17, 15) is 14.0 Å². The minimum atomic E-state index is -0.708. The SMILES string of the molecule is N#Cc1cc(F)ccc1NC1CC(=O)NC1=O. The standard InChI is InChI=1S/C11H8FN3O2/c12-7-1-2-8(6(3-7)5-13)14-9-4-10(16)15-11(9)17/h1-3,9,14H,4H2,(H,15,16,17). The van der Waals surface area contributed by atoms with Crippen LogP contribution in [0.1, 0.15) is 12.0 Å². The molecule has 1 heterocycles. The fraction of sp³-hybridized carbons (Fsp3) is 0.182. The van der Waals surface area contributed by atoms with Crippen molar-refractivity contribution in [1.82, 2.24) is 5.32 Å². The number of benzene rings is 1. The summed E-state index contributed by atoms with van der Waals surface area (Å²) in [5, 5.41) is 13.7. The molecule has 1 fully saturated rings. The summed E-state index contributed by atoms with van der Waals surface area (Å²) in [5.74, 6) is -1.34. The number of carbonyl (C=O) groups is 2. The lowest BCUT2D eigenvalue weighted by Gasteiger charge is -2.11. The van der Waals surface area contributed by atoms with E-state index >= 15 is 0 Å². The molecule has 1 saturated heterocycles. The van der Waals surface area contributed by atoms with Crippen LogP contribution in [0.15, 0.2) is 18.2 Å². The molecule has 1 aliphatic rings. The maximum absolute atomic E-state index is 12.9. The first kappa shape index (κ1) is 11.1. The first-order chi connectivity index (χ1) is 8.10. The van der Waals surface area contributed by atoms with Crippen LogP contribution in [0.2, 0.25) is 0 Å². The van der Waals surface area contributed by atoms with Gasteiger partial charge in [-0.1, -0.05) is 0 Å². The highest BCUT2D eigenvalue weighted by atomic mass is 19.1. The van der Waals surface area contributed by atoms with Crippen molar-refractivity contribution >= 4 is 17.5 Å². The van der Waals surface area contributed by atoms with Gasteiger partial charge in [0, 0.05) is 0 Å². The number of imide groups is 1. The molecule has 86 valence electrons. The summed E-state index contributed by atoms with van der Waals surface area (Å²) in [6, 6.07) is 4.72. The van der Waals surface area contributed by atoms with E-state index in [1.807, 2.05) is 6.07 Å². The second kappa shape index (κ2) is 4.22. The van der Waals surface area contributed by atoms with E-state index in [2.05, 4.69) is 10.6 Å². The number of anilines is 1. The van der Waals surface area contributed by atoms with Crippen molar-refractivity contribution in [3.63, 3.8) is 0 Å². The molecule has 0 bridgehead atoms. The molecular formula is C11H8FN3O2. The third-order valence-electron chi connectivity index (χ3n) is 2.40. The first-order valence-corrected chi connectivity index (χ1v) is 4.90. The summed E-state index contributed by atoms with van der Waals surface area (Å²) in [7, 11) is 0. The fourth-order valence-corrected chi connectivity index (χ4v) is 1.59. The Labute approximate surface area is 96.2 Å². The normalized spacial score (nSPS) is 18.7. The molecule has 2 rings (SSSR count). The fourth-order valence-electron chi connectivity index (χ4n) is 1.59. The van der Waals surface area contributed by atoms with Gasteiger partial charge in [0.2, 0.25) is 11.8 Å². The molecule has 1 aromatic rings. The largest absolute Gasteiger partial charge is 0.372 e. The molecule has 6 heteroatoms. The van der Waals surface area contributed by atoms with Gasteiger partial charge < -0.3 is 5.32 Å². The molecule has 1 unspecified atom stereocenters. The highest BCUT2D eigenvalue weighted by molar-refractivity contribution is 6.06. The van der Waals surface area contributed by atoms with Gasteiger partial charge in [-0.05, 0) is 18.2 Å². The van der Waals surface area contributed by atoms with E-state index in [1.54, 1.807) is 0 Å². The minimum Gasteiger partial charge on any atom is -0.372 e. The minimum absolute atomic E-state index is 0.0150. The Balaban J connectivity index is 2.22. The summed E-state index contributed by atoms with van der Waals surface area (Å²) in [6.45, 7) is 0. The number of hydrogen-bond donors (Lipinski definition) is 2. The molecule has 1 aromatic carbocycles. The summed E-state index contributed by atoms with van der Waals surface area (Å²) in [6.07, 6.45) is 0.0150. The average Bonchev–Trinajstić information content (AvgIpc) is 2.60. The monoisotopic (exact) mass is 233 g/mol. The topological polar surface area (TPSA) is 82.0 Å². The quantitative estimate of drug-likeness (QED) is 0.730. The highest BCUT2D eigenvalue weighted by Gasteiger charge is 2.30. The second-order valence-corrected chi connectivity index (χ2v) is 3.62. The van der Waals surface area contributed by atoms with Crippen LogP contribution in [-0.4, -0.2) is 17.9 Å². The van der Waals surface area contributed by atoms with Crippen molar-refractivity contribution in [3.8, 4) is 6.07 Å². The van der Waals surface area contributed by atoms with Crippen LogP contribution in [0.4, 0.5) is 10.1 Å². The molecule has 2 amide bonds. The van der Waals surface area contributed by atoms with Crippen molar-refractivity contribution in [2.75, 3.05) is 5.32 Å². The number of rotatable bonds is 2. The molecule has 17 heavy (non-hydrogen) atoms. The van der Waals surface area contributed by atoms with Gasteiger partial charge in [0.15, 0.2) is 0 Å². The lowest BCUT2D eigenvalue weighted by molar-refractivity contribution is -0.124. The van der Waals surface area contributed by atoms with Crippen molar-refractivity contribution in [1.29, 1.82) is 5.26 Å². The van der Waals surface area contributed by atoms with Gasteiger partial charge in [0.1, 0.15) is 17.9 Å². The Morgan fingerprint density at radius 3 is 2.82 bits per heavy atom. The number of amides is 2. The molecule has 5 nitrogen and oxygen atoms in total. The Hall–Kier alpha value is -2.42. The zero-order valence-electron chi connectivity index (χ0n) is 8.66. The maximum Gasteiger partial charge on any atom is 0.249 e. The average molecular weight is 233 g/mol. The van der Waals surface area contributed by atoms with Crippen LogP contribution in [-0.2, 0) is 9.59 Å². The zero-order chi connectivity index (χ0) is 12.4. The number of nitrogens with zero attached hydrogens (tertiary/aromatic N) is 1. The van der Waals surface area contributed by atoms with E-state index in [1.165, 1.54) is 12.1 Å². The number of nitriles is 1. The van der Waals surface area contributed by atoms with Crippen LogP contribution < -0.4 is 10.6 Å². The second-order valence-electron chi connectivity index (χ2n) is 3.62. The van der Waals surface area contributed by atoms with Gasteiger partial charge in [0.25, 0.3) is 0 Å². The van der Waals surface area contributed by atoms with Gasteiger partial charge in [-0.15, -0.1) is 0 Å². The molecule has 0 saturated carbocycles. The van der Waals surface area contributed by atoms with Gasteiger partial charge >= 0.3 is 0 Å². The van der Waals surface area contributed by atoms with E-state index in [4.69, 9.17) is 5.26 Å². The van der Waals surface area contributed by atoms with Crippen LogP contribution >= 0.6 is 0 Å². The predicted molar refractivity (Wildman–Crippen MR) is 56.3 cm³/mol. The van der Waals surface area contributed by atoms with Gasteiger partial charge in [-0.3, -0.25) is 14.9 Å². The van der Waals surface area contributed by atoms with Crippen LogP contribution in [0.3, 0.4) is 0 Å². The third kappa shape index (κ3) is 2.23. The molecule has 2 N–H and O–H groups in total. The maximum atomic E-state index is 12.9. The molecule has 1 aliphatic heterocycles. The highest BCUT2D eigenvalue weighted by Crippen LogP contribution is 2.19. The van der Waals surface area contributed by atoms with Crippen LogP contribution in [0.25, 0.3) is 0 Å². The van der Waals surface area contributed by atoms with Crippen molar-refractivity contribution in [3.05, 3.63) is 29.6 Å². The summed E-state index contributed by atoms with van der Waals surface area (Å²) in [4.78, 5) is 22.3. The lowest BCUT2D eigenvalue weighted by Crippen LogP contribution is -2.30. The van der Waals surface area contributed by atoms with Gasteiger partial charge in [-0.25, -0.2) is 4.39 Å². The van der Waals surface area contributed by atoms with E-state index in [0.29, 0.717) is 5.69 Å².